The zero-order chi connectivity index (χ0) is 13.0. The van der Waals surface area contributed by atoms with Gasteiger partial charge in [0, 0.05) is 0 Å². The van der Waals surface area contributed by atoms with Crippen LogP contribution in [0.2, 0.25) is 0 Å². The molecule has 0 saturated heterocycles. The Balaban J connectivity index is 2.19. The molecule has 2 nitrogen and oxygen atoms in total. The molecule has 94 valence electrons. The first kappa shape index (κ1) is 11.0. The monoisotopic (exact) mass is 266 g/mol. The van der Waals surface area contributed by atoms with Crippen LogP contribution >= 0.6 is 11.3 Å². The fourth-order valence-corrected chi connectivity index (χ4v) is 3.58. The maximum absolute atomic E-state index is 4.71. The van der Waals surface area contributed by atoms with E-state index in [2.05, 4.69) is 54.6 Å². The second-order valence-electron chi connectivity index (χ2n) is 5.20. The normalized spacial score (nSPS) is 12.2. The fraction of sp³-hybridized carbons (Fsp3) is 0.188. The number of nitrogens with zero attached hydrogens (tertiary/aromatic N) is 2. The van der Waals surface area contributed by atoms with E-state index in [1.54, 1.807) is 11.3 Å². The molecule has 19 heavy (non-hydrogen) atoms. The molecule has 2 aromatic carbocycles. The van der Waals surface area contributed by atoms with Crippen molar-refractivity contribution in [3.05, 3.63) is 48.0 Å². The van der Waals surface area contributed by atoms with E-state index in [1.807, 2.05) is 6.07 Å². The molecule has 0 amide bonds. The first-order valence-corrected chi connectivity index (χ1v) is 7.35. The molecular weight excluding hydrogens is 252 g/mol. The van der Waals surface area contributed by atoms with E-state index in [9.17, 15) is 0 Å². The van der Waals surface area contributed by atoms with Crippen LogP contribution in [0.15, 0.2) is 42.5 Å². The molecule has 3 heteroatoms. The first-order valence-electron chi connectivity index (χ1n) is 6.54. The third-order valence-electron chi connectivity index (χ3n) is 3.62. The smallest absolute Gasteiger partial charge is 0.195 e. The molecule has 0 aliphatic carbocycles. The van der Waals surface area contributed by atoms with Crippen molar-refractivity contribution < 1.29 is 0 Å². The standard InChI is InChI=1S/C16H14N2S/c1-10(2)11-7-8-15-14(9-11)18-13-6-4-3-5-12(13)17-16(18)19-15/h3-10H,1-2H3. The van der Waals surface area contributed by atoms with Gasteiger partial charge in [0.15, 0.2) is 4.96 Å². The number of benzene rings is 2. The lowest BCUT2D eigenvalue weighted by Crippen LogP contribution is -1.87. The molecular formula is C16H14N2S. The Bertz CT molecular complexity index is 899. The number of aromatic nitrogens is 2. The van der Waals surface area contributed by atoms with Crippen molar-refractivity contribution in [3.8, 4) is 0 Å². The highest BCUT2D eigenvalue weighted by Crippen LogP contribution is 2.32. The summed E-state index contributed by atoms with van der Waals surface area (Å²) < 4.78 is 3.58. The Morgan fingerprint density at radius 1 is 1.05 bits per heavy atom. The Morgan fingerprint density at radius 2 is 1.89 bits per heavy atom. The van der Waals surface area contributed by atoms with Crippen LogP contribution in [0.25, 0.3) is 26.2 Å². The van der Waals surface area contributed by atoms with Crippen molar-refractivity contribution in [2.24, 2.45) is 0 Å². The van der Waals surface area contributed by atoms with Gasteiger partial charge in [0.2, 0.25) is 0 Å². The Labute approximate surface area is 115 Å². The zero-order valence-corrected chi connectivity index (χ0v) is 11.7. The number of thiazole rings is 1. The second kappa shape index (κ2) is 3.81. The van der Waals surface area contributed by atoms with Gasteiger partial charge in [-0.05, 0) is 35.7 Å². The van der Waals surface area contributed by atoms with Crippen LogP contribution < -0.4 is 0 Å². The Hall–Kier alpha value is -1.87. The molecule has 2 heterocycles. The molecule has 0 aliphatic heterocycles. The minimum Gasteiger partial charge on any atom is -0.283 e. The Morgan fingerprint density at radius 3 is 2.74 bits per heavy atom. The molecule has 0 unspecified atom stereocenters. The van der Waals surface area contributed by atoms with E-state index < -0.39 is 0 Å². The lowest BCUT2D eigenvalue weighted by atomic mass is 10.0. The van der Waals surface area contributed by atoms with E-state index in [1.165, 1.54) is 21.3 Å². The fourth-order valence-electron chi connectivity index (χ4n) is 2.56. The highest BCUT2D eigenvalue weighted by atomic mass is 32.1. The summed E-state index contributed by atoms with van der Waals surface area (Å²) in [5.74, 6) is 0.550. The minimum absolute atomic E-state index is 0.550. The number of rotatable bonds is 1. The third kappa shape index (κ3) is 1.51. The average Bonchev–Trinajstić information content (AvgIpc) is 2.92. The van der Waals surface area contributed by atoms with Gasteiger partial charge in [0.1, 0.15) is 0 Å². The van der Waals surface area contributed by atoms with Crippen molar-refractivity contribution in [2.45, 2.75) is 19.8 Å². The Kier molecular flexibility index (Phi) is 2.21. The van der Waals surface area contributed by atoms with Gasteiger partial charge < -0.3 is 0 Å². The van der Waals surface area contributed by atoms with E-state index in [0.29, 0.717) is 5.92 Å². The summed E-state index contributed by atoms with van der Waals surface area (Å²) in [6.07, 6.45) is 0. The molecule has 0 saturated carbocycles. The highest BCUT2D eigenvalue weighted by Gasteiger charge is 2.11. The van der Waals surface area contributed by atoms with Gasteiger partial charge in [0.05, 0.1) is 21.3 Å². The molecule has 0 N–H and O–H groups in total. The summed E-state index contributed by atoms with van der Waals surface area (Å²) in [6, 6.07) is 15.1. The van der Waals surface area contributed by atoms with Gasteiger partial charge in [0.25, 0.3) is 0 Å². The van der Waals surface area contributed by atoms with Crippen molar-refractivity contribution in [2.75, 3.05) is 0 Å². The summed E-state index contributed by atoms with van der Waals surface area (Å²) >= 11 is 1.76. The van der Waals surface area contributed by atoms with Crippen LogP contribution in [0.3, 0.4) is 0 Å². The van der Waals surface area contributed by atoms with Gasteiger partial charge in [-0.15, -0.1) is 0 Å². The SMILES string of the molecule is CC(C)c1ccc2sc3nc4ccccc4n3c2c1. The maximum atomic E-state index is 4.71. The minimum atomic E-state index is 0.550. The summed E-state index contributed by atoms with van der Waals surface area (Å²) in [5.41, 5.74) is 4.93. The molecule has 0 fully saturated rings. The third-order valence-corrected chi connectivity index (χ3v) is 4.64. The molecule has 0 bridgehead atoms. The lowest BCUT2D eigenvalue weighted by Gasteiger charge is -2.04. The van der Waals surface area contributed by atoms with Crippen LogP contribution in [0.1, 0.15) is 25.3 Å². The number of hydrogen-bond donors (Lipinski definition) is 0. The summed E-state index contributed by atoms with van der Waals surface area (Å²) in [7, 11) is 0. The molecule has 0 radical (unpaired) electrons. The van der Waals surface area contributed by atoms with E-state index in [4.69, 9.17) is 4.98 Å². The maximum Gasteiger partial charge on any atom is 0.195 e. The molecule has 4 aromatic rings. The highest BCUT2D eigenvalue weighted by molar-refractivity contribution is 7.23. The zero-order valence-electron chi connectivity index (χ0n) is 10.9. The number of fused-ring (bicyclic) bond motifs is 5. The topological polar surface area (TPSA) is 17.3 Å². The largest absolute Gasteiger partial charge is 0.283 e. The first-order chi connectivity index (χ1) is 9.24. The van der Waals surface area contributed by atoms with Gasteiger partial charge >= 0.3 is 0 Å². The lowest BCUT2D eigenvalue weighted by molar-refractivity contribution is 0.868. The predicted molar refractivity (Wildman–Crippen MR) is 82.2 cm³/mol. The van der Waals surface area contributed by atoms with Crippen molar-refractivity contribution in [1.82, 2.24) is 9.38 Å². The van der Waals surface area contributed by atoms with Gasteiger partial charge in [-0.1, -0.05) is 43.4 Å². The molecule has 4 rings (SSSR count). The van der Waals surface area contributed by atoms with E-state index in [0.717, 1.165) is 10.5 Å². The molecule has 0 aliphatic rings. The number of para-hydroxylation sites is 2. The molecule has 2 aromatic heterocycles. The summed E-state index contributed by atoms with van der Waals surface area (Å²) in [5, 5.41) is 0. The quantitative estimate of drug-likeness (QED) is 0.482. The predicted octanol–water partition coefficient (Wildman–Crippen LogP) is 4.83. The average molecular weight is 266 g/mol. The van der Waals surface area contributed by atoms with Crippen LogP contribution in [0.4, 0.5) is 0 Å². The van der Waals surface area contributed by atoms with Crippen LogP contribution in [0, 0.1) is 0 Å². The van der Waals surface area contributed by atoms with Crippen LogP contribution in [-0.2, 0) is 0 Å². The number of hydrogen-bond acceptors (Lipinski definition) is 2. The van der Waals surface area contributed by atoms with Crippen molar-refractivity contribution in [3.63, 3.8) is 0 Å². The summed E-state index contributed by atoms with van der Waals surface area (Å²) in [6.45, 7) is 4.47. The van der Waals surface area contributed by atoms with E-state index >= 15 is 0 Å². The summed E-state index contributed by atoms with van der Waals surface area (Å²) in [4.78, 5) is 5.79. The van der Waals surface area contributed by atoms with Crippen LogP contribution in [-0.4, -0.2) is 9.38 Å². The van der Waals surface area contributed by atoms with Gasteiger partial charge in [-0.3, -0.25) is 4.40 Å². The van der Waals surface area contributed by atoms with Crippen molar-refractivity contribution in [1.29, 1.82) is 0 Å². The van der Waals surface area contributed by atoms with Gasteiger partial charge in [-0.25, -0.2) is 4.98 Å². The number of imidazole rings is 1. The molecule has 0 atom stereocenters. The molecule has 0 spiro atoms. The van der Waals surface area contributed by atoms with Crippen LogP contribution in [0.5, 0.6) is 0 Å². The van der Waals surface area contributed by atoms with Crippen molar-refractivity contribution >= 4 is 37.5 Å². The van der Waals surface area contributed by atoms with Gasteiger partial charge in [-0.2, -0.15) is 0 Å². The second-order valence-corrected chi connectivity index (χ2v) is 6.21. The van der Waals surface area contributed by atoms with E-state index in [-0.39, 0.29) is 0 Å².